The van der Waals surface area contributed by atoms with Crippen LogP contribution in [0.5, 0.6) is 0 Å². The second-order valence-corrected chi connectivity index (χ2v) is 5.49. The zero-order chi connectivity index (χ0) is 12.8. The molecule has 18 heavy (non-hydrogen) atoms. The number of halogens is 1. The predicted octanol–water partition coefficient (Wildman–Crippen LogP) is 3.71. The van der Waals surface area contributed by atoms with Gasteiger partial charge in [0.2, 0.25) is 0 Å². The minimum absolute atomic E-state index is 0.0398. The first-order valence-corrected chi connectivity index (χ1v) is 7.10. The lowest BCUT2D eigenvalue weighted by Gasteiger charge is -2.15. The molecule has 2 aromatic rings. The summed E-state index contributed by atoms with van der Waals surface area (Å²) < 4.78 is 11.6. The molecule has 0 fully saturated rings. The van der Waals surface area contributed by atoms with Gasteiger partial charge in [0, 0.05) is 18.0 Å². The van der Waals surface area contributed by atoms with Crippen LogP contribution in [0.4, 0.5) is 0 Å². The fraction of sp³-hybridized carbons (Fsp3) is 0.385. The Bertz CT molecular complexity index is 455. The van der Waals surface area contributed by atoms with Crippen molar-refractivity contribution in [2.45, 2.75) is 13.0 Å². The first-order chi connectivity index (χ1) is 8.81. The molecule has 2 aromatic heterocycles. The molecule has 1 unspecified atom stereocenters. The molecule has 0 aromatic carbocycles. The van der Waals surface area contributed by atoms with Gasteiger partial charge in [-0.3, -0.25) is 0 Å². The minimum Gasteiger partial charge on any atom is -0.467 e. The van der Waals surface area contributed by atoms with Gasteiger partial charge < -0.3 is 14.5 Å². The lowest BCUT2D eigenvalue weighted by atomic mass is 10.2. The topological polar surface area (TPSA) is 34.4 Å². The highest BCUT2D eigenvalue weighted by molar-refractivity contribution is 7.16. The normalized spacial score (nSPS) is 12.8. The van der Waals surface area contributed by atoms with Crippen molar-refractivity contribution in [2.75, 3.05) is 19.8 Å². The smallest absolute Gasteiger partial charge is 0.126 e. The van der Waals surface area contributed by atoms with Crippen molar-refractivity contribution >= 4 is 22.9 Å². The van der Waals surface area contributed by atoms with E-state index in [4.69, 9.17) is 20.8 Å². The van der Waals surface area contributed by atoms with Crippen LogP contribution in [0.1, 0.15) is 23.6 Å². The number of ether oxygens (including phenoxy) is 1. The Morgan fingerprint density at radius 2 is 2.33 bits per heavy atom. The molecule has 98 valence electrons. The molecule has 0 spiro atoms. The summed E-state index contributed by atoms with van der Waals surface area (Å²) >= 11 is 7.55. The maximum atomic E-state index is 5.99. The summed E-state index contributed by atoms with van der Waals surface area (Å²) in [6.07, 6.45) is 1.68. The Morgan fingerprint density at radius 3 is 2.94 bits per heavy atom. The summed E-state index contributed by atoms with van der Waals surface area (Å²) in [6.45, 7) is 4.18. The van der Waals surface area contributed by atoms with E-state index in [0.717, 1.165) is 28.1 Å². The van der Waals surface area contributed by atoms with Crippen molar-refractivity contribution < 1.29 is 9.15 Å². The Hall–Kier alpha value is -0.810. The fourth-order valence-corrected chi connectivity index (χ4v) is 2.85. The highest BCUT2D eigenvalue weighted by Crippen LogP contribution is 2.31. The van der Waals surface area contributed by atoms with Gasteiger partial charge >= 0.3 is 0 Å². The van der Waals surface area contributed by atoms with E-state index in [2.05, 4.69) is 5.32 Å². The van der Waals surface area contributed by atoms with Gasteiger partial charge in [0.05, 0.1) is 17.2 Å². The van der Waals surface area contributed by atoms with Gasteiger partial charge in [-0.05, 0) is 31.2 Å². The third-order valence-corrected chi connectivity index (χ3v) is 3.80. The third-order valence-electron chi connectivity index (χ3n) is 2.51. The molecule has 1 atom stereocenters. The Kier molecular flexibility index (Phi) is 5.26. The van der Waals surface area contributed by atoms with Crippen LogP contribution in [-0.2, 0) is 4.74 Å². The second-order valence-electron chi connectivity index (χ2n) is 3.74. The van der Waals surface area contributed by atoms with Crippen LogP contribution in [0.3, 0.4) is 0 Å². The average molecular weight is 286 g/mol. The molecule has 0 radical (unpaired) electrons. The van der Waals surface area contributed by atoms with Gasteiger partial charge in [-0.25, -0.2) is 0 Å². The summed E-state index contributed by atoms with van der Waals surface area (Å²) in [7, 11) is 0. The Balaban J connectivity index is 2.04. The summed E-state index contributed by atoms with van der Waals surface area (Å²) in [5.74, 6) is 0.894. The van der Waals surface area contributed by atoms with Crippen molar-refractivity contribution in [3.05, 3.63) is 45.5 Å². The minimum atomic E-state index is 0.0398. The van der Waals surface area contributed by atoms with E-state index < -0.39 is 0 Å². The monoisotopic (exact) mass is 285 g/mol. The number of hydrogen-bond donors (Lipinski definition) is 1. The van der Waals surface area contributed by atoms with Crippen molar-refractivity contribution in [3.8, 4) is 0 Å². The van der Waals surface area contributed by atoms with Crippen molar-refractivity contribution in [1.29, 1.82) is 0 Å². The van der Waals surface area contributed by atoms with Gasteiger partial charge in [0.15, 0.2) is 0 Å². The van der Waals surface area contributed by atoms with E-state index in [0.29, 0.717) is 6.61 Å². The number of rotatable bonds is 7. The molecule has 3 nitrogen and oxygen atoms in total. The average Bonchev–Trinajstić information content (AvgIpc) is 3.01. The number of furan rings is 1. The van der Waals surface area contributed by atoms with Gasteiger partial charge in [-0.2, -0.15) is 0 Å². The molecule has 0 amide bonds. The zero-order valence-electron chi connectivity index (χ0n) is 10.2. The Labute approximate surface area is 116 Å². The van der Waals surface area contributed by atoms with Crippen LogP contribution in [-0.4, -0.2) is 19.8 Å². The van der Waals surface area contributed by atoms with Gasteiger partial charge in [0.25, 0.3) is 0 Å². The van der Waals surface area contributed by atoms with Crippen LogP contribution >= 0.6 is 22.9 Å². The van der Waals surface area contributed by atoms with Crippen LogP contribution in [0.2, 0.25) is 4.34 Å². The molecular weight excluding hydrogens is 270 g/mol. The van der Waals surface area contributed by atoms with Crippen LogP contribution in [0, 0.1) is 0 Å². The van der Waals surface area contributed by atoms with Gasteiger partial charge in [-0.15, -0.1) is 11.3 Å². The number of hydrogen-bond acceptors (Lipinski definition) is 4. The van der Waals surface area contributed by atoms with E-state index >= 15 is 0 Å². The lowest BCUT2D eigenvalue weighted by molar-refractivity contribution is 0.147. The summed E-state index contributed by atoms with van der Waals surface area (Å²) in [4.78, 5) is 1.14. The molecule has 0 aliphatic carbocycles. The molecule has 0 aliphatic rings. The van der Waals surface area contributed by atoms with E-state index in [9.17, 15) is 0 Å². The van der Waals surface area contributed by atoms with Gasteiger partial charge in [0.1, 0.15) is 11.8 Å². The highest BCUT2D eigenvalue weighted by Gasteiger charge is 2.17. The maximum Gasteiger partial charge on any atom is 0.126 e. The zero-order valence-corrected chi connectivity index (χ0v) is 11.8. The van der Waals surface area contributed by atoms with E-state index in [-0.39, 0.29) is 6.04 Å². The molecular formula is C13H16ClNO2S. The first-order valence-electron chi connectivity index (χ1n) is 5.91. The number of nitrogens with one attached hydrogen (secondary N) is 1. The second kappa shape index (κ2) is 6.95. The van der Waals surface area contributed by atoms with Crippen LogP contribution < -0.4 is 5.32 Å². The highest BCUT2D eigenvalue weighted by atomic mass is 35.5. The molecule has 0 aliphatic heterocycles. The Morgan fingerprint density at radius 1 is 1.44 bits per heavy atom. The van der Waals surface area contributed by atoms with E-state index in [1.165, 1.54) is 0 Å². The lowest BCUT2D eigenvalue weighted by Crippen LogP contribution is -2.25. The quantitative estimate of drug-likeness (QED) is 0.788. The molecule has 2 rings (SSSR count). The van der Waals surface area contributed by atoms with Gasteiger partial charge in [-0.1, -0.05) is 11.6 Å². The third kappa shape index (κ3) is 3.59. The molecule has 5 heteroatoms. The standard InChI is InChI=1S/C13H16ClNO2S/c1-2-16-9-7-15-13(10-4-3-8-17-10)11-5-6-12(14)18-11/h3-6,8,13,15H,2,7,9H2,1H3. The molecule has 0 saturated heterocycles. The summed E-state index contributed by atoms with van der Waals surface area (Å²) in [5, 5.41) is 3.42. The maximum absolute atomic E-state index is 5.99. The molecule has 0 bridgehead atoms. The van der Waals surface area contributed by atoms with E-state index in [1.54, 1.807) is 17.6 Å². The molecule has 2 heterocycles. The van der Waals surface area contributed by atoms with Crippen molar-refractivity contribution in [1.82, 2.24) is 5.32 Å². The van der Waals surface area contributed by atoms with E-state index in [1.807, 2.05) is 31.2 Å². The van der Waals surface area contributed by atoms with Crippen LogP contribution in [0.25, 0.3) is 0 Å². The largest absolute Gasteiger partial charge is 0.467 e. The number of thiophene rings is 1. The van der Waals surface area contributed by atoms with Crippen LogP contribution in [0.15, 0.2) is 34.9 Å². The molecule has 1 N–H and O–H groups in total. The summed E-state index contributed by atoms with van der Waals surface area (Å²) in [6, 6.07) is 7.82. The first kappa shape index (κ1) is 13.6. The predicted molar refractivity (Wildman–Crippen MR) is 74.4 cm³/mol. The molecule has 0 saturated carbocycles. The SMILES string of the molecule is CCOCCNC(c1ccco1)c1ccc(Cl)s1. The van der Waals surface area contributed by atoms with Crippen molar-refractivity contribution in [3.63, 3.8) is 0 Å². The fourth-order valence-electron chi connectivity index (χ4n) is 1.70. The van der Waals surface area contributed by atoms with Crippen molar-refractivity contribution in [2.24, 2.45) is 0 Å². The summed E-state index contributed by atoms with van der Waals surface area (Å²) in [5.41, 5.74) is 0.